The van der Waals surface area contributed by atoms with Crippen LogP contribution in [0.15, 0.2) is 60.7 Å². The van der Waals surface area contributed by atoms with Gasteiger partial charge in [-0.25, -0.2) is 0 Å². The van der Waals surface area contributed by atoms with Crippen LogP contribution in [0.2, 0.25) is 0 Å². The fraction of sp³-hybridized carbons (Fsp3) is 0.333. The van der Waals surface area contributed by atoms with Gasteiger partial charge in [0, 0.05) is 12.0 Å². The summed E-state index contributed by atoms with van der Waals surface area (Å²) in [5.41, 5.74) is 2.96. The normalized spacial score (nSPS) is 16.9. The summed E-state index contributed by atoms with van der Waals surface area (Å²) in [6, 6.07) is 15.9. The van der Waals surface area contributed by atoms with E-state index >= 15 is 0 Å². The summed E-state index contributed by atoms with van der Waals surface area (Å²) in [6.45, 7) is 2.15. The Morgan fingerprint density at radius 1 is 1.05 bits per heavy atom. The molecule has 1 amide bonds. The quantitative estimate of drug-likeness (QED) is 0.339. The van der Waals surface area contributed by atoms with Crippen LogP contribution in [0.5, 0.6) is 17.2 Å². The van der Waals surface area contributed by atoms with E-state index in [1.165, 1.54) is 7.11 Å². The molecule has 3 aromatic rings. The van der Waals surface area contributed by atoms with Crippen molar-refractivity contribution in [2.45, 2.75) is 44.6 Å². The third-order valence-electron chi connectivity index (χ3n) is 6.94. The van der Waals surface area contributed by atoms with Gasteiger partial charge in [-0.15, -0.1) is 0 Å². The van der Waals surface area contributed by atoms with Crippen LogP contribution < -0.4 is 19.5 Å². The number of aryl methyl sites for hydroxylation is 1. The first-order valence-electron chi connectivity index (χ1n) is 12.6. The summed E-state index contributed by atoms with van der Waals surface area (Å²) < 4.78 is 21.9. The van der Waals surface area contributed by atoms with Crippen molar-refractivity contribution < 1.29 is 28.5 Å². The van der Waals surface area contributed by atoms with Crippen LogP contribution in [0, 0.1) is 6.92 Å². The molecule has 1 heterocycles. The molecule has 37 heavy (non-hydrogen) atoms. The van der Waals surface area contributed by atoms with Gasteiger partial charge in [0.05, 0.1) is 13.5 Å². The molecule has 2 aliphatic rings. The van der Waals surface area contributed by atoms with Crippen molar-refractivity contribution in [3.05, 3.63) is 77.4 Å². The van der Waals surface area contributed by atoms with E-state index in [0.717, 1.165) is 46.7 Å². The molecule has 0 fully saturated rings. The summed E-state index contributed by atoms with van der Waals surface area (Å²) in [6.07, 6.45) is 7.44. The maximum absolute atomic E-state index is 12.4. The van der Waals surface area contributed by atoms with Crippen LogP contribution in [0.1, 0.15) is 48.3 Å². The van der Waals surface area contributed by atoms with E-state index < -0.39 is 0 Å². The zero-order chi connectivity index (χ0) is 25.8. The molecule has 1 aliphatic carbocycles. The number of fused-ring (bicyclic) bond motifs is 2. The molecule has 0 saturated heterocycles. The Hall–Kier alpha value is -4.00. The lowest BCUT2D eigenvalue weighted by molar-refractivity contribution is -0.140. The molecule has 192 valence electrons. The van der Waals surface area contributed by atoms with E-state index in [1.807, 2.05) is 55.5 Å². The van der Waals surface area contributed by atoms with Gasteiger partial charge < -0.3 is 24.3 Å². The third kappa shape index (κ3) is 5.71. The fourth-order valence-electron chi connectivity index (χ4n) is 4.97. The number of hydrogen-bond acceptors (Lipinski definition) is 6. The van der Waals surface area contributed by atoms with Gasteiger partial charge in [0.1, 0.15) is 5.75 Å². The lowest BCUT2D eigenvalue weighted by Crippen LogP contribution is -2.37. The molecule has 1 aliphatic heterocycles. The highest BCUT2D eigenvalue weighted by atomic mass is 16.7. The summed E-state index contributed by atoms with van der Waals surface area (Å²) in [4.78, 5) is 24.7. The summed E-state index contributed by atoms with van der Waals surface area (Å²) in [5.74, 6) is 1.34. The molecule has 2 atom stereocenters. The monoisotopic (exact) mass is 501 g/mol. The number of nitrogens with one attached hydrogen (secondary N) is 1. The van der Waals surface area contributed by atoms with E-state index in [9.17, 15) is 9.59 Å². The minimum Gasteiger partial charge on any atom is -0.484 e. The Kier molecular flexibility index (Phi) is 7.30. The number of carbonyl (C=O) groups is 2. The molecular formula is C30H31NO6. The molecule has 0 bridgehead atoms. The van der Waals surface area contributed by atoms with Crippen LogP contribution in [0.3, 0.4) is 0 Å². The van der Waals surface area contributed by atoms with Gasteiger partial charge >= 0.3 is 5.97 Å². The molecule has 0 radical (unpaired) electrons. The molecule has 5 rings (SSSR count). The molecule has 7 nitrogen and oxygen atoms in total. The highest BCUT2D eigenvalue weighted by molar-refractivity contribution is 5.85. The number of rotatable bonds is 8. The van der Waals surface area contributed by atoms with Gasteiger partial charge in [-0.2, -0.15) is 0 Å². The largest absolute Gasteiger partial charge is 0.484 e. The van der Waals surface area contributed by atoms with E-state index in [1.54, 1.807) is 0 Å². The van der Waals surface area contributed by atoms with E-state index in [4.69, 9.17) is 18.9 Å². The standard InChI is InChI=1S/C30H31NO6/c1-19-12-27-28(37-18-36-27)15-25(19)26(16-30(33)34-2)21-9-8-20-10-11-24(14-22(20)13-21)35-17-29(32)31-23-6-4-3-5-7-23/h4,6,8-15,23,26H,3,5,7,16-18H2,1-2H3,(H,31,32). The second kappa shape index (κ2) is 10.9. The Labute approximate surface area is 216 Å². The zero-order valence-corrected chi connectivity index (χ0v) is 21.1. The maximum Gasteiger partial charge on any atom is 0.306 e. The van der Waals surface area contributed by atoms with Crippen molar-refractivity contribution in [3.63, 3.8) is 0 Å². The van der Waals surface area contributed by atoms with Crippen molar-refractivity contribution in [1.82, 2.24) is 5.32 Å². The molecule has 0 spiro atoms. The average Bonchev–Trinajstić information content (AvgIpc) is 3.37. The van der Waals surface area contributed by atoms with Crippen molar-refractivity contribution >= 4 is 22.6 Å². The predicted molar refractivity (Wildman–Crippen MR) is 140 cm³/mol. The van der Waals surface area contributed by atoms with E-state index in [2.05, 4.69) is 17.5 Å². The van der Waals surface area contributed by atoms with Gasteiger partial charge in [0.15, 0.2) is 18.1 Å². The summed E-state index contributed by atoms with van der Waals surface area (Å²) in [5, 5.41) is 4.99. The number of allylic oxidation sites excluding steroid dienone is 1. The summed E-state index contributed by atoms with van der Waals surface area (Å²) >= 11 is 0. The number of ether oxygens (including phenoxy) is 4. The van der Waals surface area contributed by atoms with Gasteiger partial charge in [-0.3, -0.25) is 9.59 Å². The Bertz CT molecular complexity index is 1350. The topological polar surface area (TPSA) is 83.1 Å². The van der Waals surface area contributed by atoms with Gasteiger partial charge in [0.25, 0.3) is 5.91 Å². The predicted octanol–water partition coefficient (Wildman–Crippen LogP) is 5.18. The first-order chi connectivity index (χ1) is 18.0. The number of hydrogen-bond donors (Lipinski definition) is 1. The fourth-order valence-corrected chi connectivity index (χ4v) is 4.97. The second-order valence-corrected chi connectivity index (χ2v) is 9.49. The van der Waals surface area contributed by atoms with E-state index in [0.29, 0.717) is 17.2 Å². The average molecular weight is 502 g/mol. The van der Waals surface area contributed by atoms with Crippen molar-refractivity contribution in [2.24, 2.45) is 0 Å². The molecule has 0 aromatic heterocycles. The minimum atomic E-state index is -0.293. The van der Waals surface area contributed by atoms with E-state index in [-0.39, 0.29) is 43.7 Å². The SMILES string of the molecule is COC(=O)CC(c1ccc2ccc(OCC(=O)NC3C=CCCC3)cc2c1)c1cc2c(cc1C)OCO2. The Morgan fingerprint density at radius 3 is 2.65 bits per heavy atom. The number of methoxy groups -OCH3 is 1. The zero-order valence-electron chi connectivity index (χ0n) is 21.1. The smallest absolute Gasteiger partial charge is 0.306 e. The Balaban J connectivity index is 1.38. The molecule has 3 aromatic carbocycles. The van der Waals surface area contributed by atoms with Crippen molar-refractivity contribution in [3.8, 4) is 17.2 Å². The summed E-state index contributed by atoms with van der Waals surface area (Å²) in [7, 11) is 1.40. The van der Waals surface area contributed by atoms with Crippen LogP contribution in [-0.4, -0.2) is 38.4 Å². The molecule has 2 unspecified atom stereocenters. The second-order valence-electron chi connectivity index (χ2n) is 9.49. The van der Waals surface area contributed by atoms with Crippen LogP contribution in [-0.2, 0) is 14.3 Å². The molecule has 0 saturated carbocycles. The van der Waals surface area contributed by atoms with Crippen LogP contribution in [0.4, 0.5) is 0 Å². The highest BCUT2D eigenvalue weighted by Gasteiger charge is 2.25. The number of amides is 1. The lowest BCUT2D eigenvalue weighted by atomic mass is 9.85. The number of esters is 1. The van der Waals surface area contributed by atoms with Gasteiger partial charge in [-0.05, 0) is 77.9 Å². The van der Waals surface area contributed by atoms with Gasteiger partial charge in [0.2, 0.25) is 6.79 Å². The first kappa shape index (κ1) is 24.7. The maximum atomic E-state index is 12.4. The van der Waals surface area contributed by atoms with Crippen molar-refractivity contribution in [1.29, 1.82) is 0 Å². The van der Waals surface area contributed by atoms with Crippen molar-refractivity contribution in [2.75, 3.05) is 20.5 Å². The van der Waals surface area contributed by atoms with Crippen LogP contribution >= 0.6 is 0 Å². The minimum absolute atomic E-state index is 0.0447. The molecule has 7 heteroatoms. The lowest BCUT2D eigenvalue weighted by Gasteiger charge is -2.20. The third-order valence-corrected chi connectivity index (χ3v) is 6.94. The first-order valence-corrected chi connectivity index (χ1v) is 12.6. The molecular weight excluding hydrogens is 470 g/mol. The highest BCUT2D eigenvalue weighted by Crippen LogP contribution is 2.40. The van der Waals surface area contributed by atoms with Gasteiger partial charge in [-0.1, -0.05) is 36.4 Å². The number of carbonyl (C=O) groups excluding carboxylic acids is 2. The Morgan fingerprint density at radius 2 is 1.86 bits per heavy atom. The van der Waals surface area contributed by atoms with Crippen LogP contribution in [0.25, 0.3) is 10.8 Å². The molecule has 1 N–H and O–H groups in total. The number of benzene rings is 3.